The van der Waals surface area contributed by atoms with Crippen LogP contribution >= 0.6 is 0 Å². The van der Waals surface area contributed by atoms with E-state index in [1.54, 1.807) is 0 Å². The zero-order valence-electron chi connectivity index (χ0n) is 12.0. The van der Waals surface area contributed by atoms with Crippen LogP contribution in [0.15, 0.2) is 0 Å². The van der Waals surface area contributed by atoms with E-state index in [1.165, 1.54) is 6.42 Å². The van der Waals surface area contributed by atoms with Crippen LogP contribution in [0.3, 0.4) is 0 Å². The third kappa shape index (κ3) is 4.94. The lowest BCUT2D eigenvalue weighted by atomic mass is 10.0. The number of ether oxygens (including phenoxy) is 1. The van der Waals surface area contributed by atoms with Gasteiger partial charge in [0.1, 0.15) is 0 Å². The fourth-order valence-electron chi connectivity index (χ4n) is 2.40. The maximum atomic E-state index is 5.73. The van der Waals surface area contributed by atoms with Crippen LogP contribution in [-0.4, -0.2) is 49.8 Å². The first-order valence-corrected chi connectivity index (χ1v) is 7.25. The van der Waals surface area contributed by atoms with Crippen molar-refractivity contribution in [2.75, 3.05) is 32.8 Å². The number of hydrogen-bond donors (Lipinski definition) is 1. The normalized spacial score (nSPS) is 25.8. The summed E-state index contributed by atoms with van der Waals surface area (Å²) in [5.74, 6) is 0.706. The Bertz CT molecular complexity index is 199. The Morgan fingerprint density at radius 3 is 2.76 bits per heavy atom. The molecule has 1 aliphatic heterocycles. The van der Waals surface area contributed by atoms with Gasteiger partial charge in [0.2, 0.25) is 0 Å². The molecule has 102 valence electrons. The average molecular weight is 242 g/mol. The molecule has 0 aromatic heterocycles. The van der Waals surface area contributed by atoms with Crippen LogP contribution in [0.2, 0.25) is 0 Å². The highest BCUT2D eigenvalue weighted by molar-refractivity contribution is 4.79. The van der Waals surface area contributed by atoms with Crippen molar-refractivity contribution < 1.29 is 4.74 Å². The first-order valence-electron chi connectivity index (χ1n) is 7.25. The van der Waals surface area contributed by atoms with E-state index in [0.29, 0.717) is 18.1 Å². The van der Waals surface area contributed by atoms with E-state index in [9.17, 15) is 0 Å². The summed E-state index contributed by atoms with van der Waals surface area (Å²) in [5, 5.41) is 3.52. The van der Waals surface area contributed by atoms with Crippen molar-refractivity contribution in [3.8, 4) is 0 Å². The van der Waals surface area contributed by atoms with E-state index in [-0.39, 0.29) is 0 Å². The molecule has 0 radical (unpaired) electrons. The number of nitrogens with one attached hydrogen (secondary N) is 1. The van der Waals surface area contributed by atoms with Crippen molar-refractivity contribution in [3.63, 3.8) is 0 Å². The van der Waals surface area contributed by atoms with Gasteiger partial charge in [-0.25, -0.2) is 0 Å². The fourth-order valence-corrected chi connectivity index (χ4v) is 2.40. The Kier molecular flexibility index (Phi) is 7.09. The lowest BCUT2D eigenvalue weighted by Gasteiger charge is -2.39. The monoisotopic (exact) mass is 242 g/mol. The molecule has 0 aromatic rings. The summed E-state index contributed by atoms with van der Waals surface area (Å²) in [4.78, 5) is 2.59. The van der Waals surface area contributed by atoms with E-state index in [1.807, 2.05) is 0 Å². The quantitative estimate of drug-likeness (QED) is 0.692. The lowest BCUT2D eigenvalue weighted by molar-refractivity contribution is -0.0487. The molecule has 3 atom stereocenters. The van der Waals surface area contributed by atoms with Gasteiger partial charge in [0.05, 0.1) is 12.7 Å². The molecule has 1 N–H and O–H groups in total. The molecular weight excluding hydrogens is 212 g/mol. The van der Waals surface area contributed by atoms with Crippen LogP contribution in [0.5, 0.6) is 0 Å². The van der Waals surface area contributed by atoms with E-state index in [4.69, 9.17) is 4.74 Å². The van der Waals surface area contributed by atoms with Gasteiger partial charge in [0, 0.05) is 19.1 Å². The summed E-state index contributed by atoms with van der Waals surface area (Å²) in [6.45, 7) is 14.5. The molecule has 0 bridgehead atoms. The maximum Gasteiger partial charge on any atom is 0.0700 e. The molecular formula is C14H30N2O. The highest BCUT2D eigenvalue weighted by atomic mass is 16.5. The fraction of sp³-hybridized carbons (Fsp3) is 1.00. The van der Waals surface area contributed by atoms with Crippen molar-refractivity contribution in [2.24, 2.45) is 5.92 Å². The predicted octanol–water partition coefficient (Wildman–Crippen LogP) is 2.12. The average Bonchev–Trinajstić information content (AvgIpc) is 2.38. The minimum absolute atomic E-state index is 0.446. The van der Waals surface area contributed by atoms with E-state index in [0.717, 1.165) is 39.2 Å². The Balaban J connectivity index is 2.31. The van der Waals surface area contributed by atoms with Crippen LogP contribution < -0.4 is 5.32 Å². The third-order valence-electron chi connectivity index (χ3n) is 3.92. The van der Waals surface area contributed by atoms with E-state index < -0.39 is 0 Å². The summed E-state index contributed by atoms with van der Waals surface area (Å²) in [7, 11) is 0. The minimum atomic E-state index is 0.446. The minimum Gasteiger partial charge on any atom is -0.376 e. The summed E-state index contributed by atoms with van der Waals surface area (Å²) < 4.78 is 5.73. The van der Waals surface area contributed by atoms with Gasteiger partial charge >= 0.3 is 0 Å². The molecule has 3 unspecified atom stereocenters. The Morgan fingerprint density at radius 1 is 1.35 bits per heavy atom. The molecule has 0 aromatic carbocycles. The molecule has 0 saturated carbocycles. The van der Waals surface area contributed by atoms with Gasteiger partial charge < -0.3 is 10.1 Å². The Morgan fingerprint density at radius 2 is 2.12 bits per heavy atom. The number of hydrogen-bond acceptors (Lipinski definition) is 3. The van der Waals surface area contributed by atoms with Crippen molar-refractivity contribution in [3.05, 3.63) is 0 Å². The molecule has 1 saturated heterocycles. The molecule has 1 heterocycles. The Hall–Kier alpha value is -0.120. The van der Waals surface area contributed by atoms with Crippen LogP contribution in [0, 0.1) is 5.92 Å². The molecule has 1 aliphatic rings. The summed E-state index contributed by atoms with van der Waals surface area (Å²) >= 11 is 0. The second kappa shape index (κ2) is 8.06. The van der Waals surface area contributed by atoms with Crippen LogP contribution in [0.1, 0.15) is 40.5 Å². The highest BCUT2D eigenvalue weighted by Crippen LogP contribution is 2.16. The van der Waals surface area contributed by atoms with Crippen molar-refractivity contribution in [1.29, 1.82) is 0 Å². The highest BCUT2D eigenvalue weighted by Gasteiger charge is 2.25. The van der Waals surface area contributed by atoms with Gasteiger partial charge in [-0.05, 0) is 38.8 Å². The summed E-state index contributed by atoms with van der Waals surface area (Å²) in [6, 6.07) is 0.650. The molecule has 0 spiro atoms. The molecule has 0 aliphatic carbocycles. The van der Waals surface area contributed by atoms with Gasteiger partial charge in [0.25, 0.3) is 0 Å². The zero-order chi connectivity index (χ0) is 12.7. The standard InChI is InChI=1S/C14H30N2O/c1-5-7-15-10-12(3)13(4)16-8-9-17-14(6-2)11-16/h12-15H,5-11H2,1-4H3. The van der Waals surface area contributed by atoms with Gasteiger partial charge in [0.15, 0.2) is 0 Å². The summed E-state index contributed by atoms with van der Waals surface area (Å²) in [5.41, 5.74) is 0. The predicted molar refractivity (Wildman–Crippen MR) is 73.4 cm³/mol. The molecule has 17 heavy (non-hydrogen) atoms. The van der Waals surface area contributed by atoms with Crippen LogP contribution in [0.4, 0.5) is 0 Å². The maximum absolute atomic E-state index is 5.73. The molecule has 3 heteroatoms. The van der Waals surface area contributed by atoms with Crippen molar-refractivity contribution in [2.45, 2.75) is 52.7 Å². The topological polar surface area (TPSA) is 24.5 Å². The number of morpholine rings is 1. The SMILES string of the molecule is CCCNCC(C)C(C)N1CCOC(CC)C1. The molecule has 3 nitrogen and oxygen atoms in total. The second-order valence-corrected chi connectivity index (χ2v) is 5.32. The molecule has 1 fully saturated rings. The van der Waals surface area contributed by atoms with Crippen molar-refractivity contribution in [1.82, 2.24) is 10.2 Å². The first-order chi connectivity index (χ1) is 8.19. The second-order valence-electron chi connectivity index (χ2n) is 5.32. The van der Waals surface area contributed by atoms with E-state index >= 15 is 0 Å². The smallest absolute Gasteiger partial charge is 0.0700 e. The largest absolute Gasteiger partial charge is 0.376 e. The number of nitrogens with zero attached hydrogens (tertiary/aromatic N) is 1. The Labute approximate surface area is 107 Å². The van der Waals surface area contributed by atoms with E-state index in [2.05, 4.69) is 37.9 Å². The van der Waals surface area contributed by atoms with Gasteiger partial charge in [-0.15, -0.1) is 0 Å². The molecule has 0 amide bonds. The van der Waals surface area contributed by atoms with Crippen LogP contribution in [-0.2, 0) is 4.74 Å². The first kappa shape index (κ1) is 14.9. The van der Waals surface area contributed by atoms with Gasteiger partial charge in [-0.3, -0.25) is 4.90 Å². The van der Waals surface area contributed by atoms with Crippen LogP contribution in [0.25, 0.3) is 0 Å². The van der Waals surface area contributed by atoms with Gasteiger partial charge in [-0.1, -0.05) is 20.8 Å². The molecule has 1 rings (SSSR count). The number of rotatable bonds is 7. The summed E-state index contributed by atoms with van der Waals surface area (Å²) in [6.07, 6.45) is 2.80. The lowest BCUT2D eigenvalue weighted by Crippen LogP contribution is -2.50. The third-order valence-corrected chi connectivity index (χ3v) is 3.92. The van der Waals surface area contributed by atoms with Crippen molar-refractivity contribution >= 4 is 0 Å². The zero-order valence-corrected chi connectivity index (χ0v) is 12.0. The van der Waals surface area contributed by atoms with Gasteiger partial charge in [-0.2, -0.15) is 0 Å².